The van der Waals surface area contributed by atoms with E-state index in [9.17, 15) is 0 Å². The zero-order chi connectivity index (χ0) is 9.68. The summed E-state index contributed by atoms with van der Waals surface area (Å²) < 4.78 is 0. The molecule has 0 saturated heterocycles. The highest BCUT2D eigenvalue weighted by atomic mass is 35.5. The second-order valence-corrected chi connectivity index (χ2v) is 3.53. The smallest absolute Gasteiger partial charge is 0.0447 e. The van der Waals surface area contributed by atoms with Crippen molar-refractivity contribution >= 4 is 28.9 Å². The SMILES string of the molecule is OCCCNc1cc(Cl)cc(Cl)c1. The first-order chi connectivity index (χ1) is 6.22. The summed E-state index contributed by atoms with van der Waals surface area (Å²) in [5.41, 5.74) is 0.881. The van der Waals surface area contributed by atoms with E-state index in [1.807, 2.05) is 0 Å². The van der Waals surface area contributed by atoms with E-state index in [4.69, 9.17) is 28.3 Å². The van der Waals surface area contributed by atoms with Gasteiger partial charge in [0.25, 0.3) is 0 Å². The largest absolute Gasteiger partial charge is 0.396 e. The number of anilines is 1. The van der Waals surface area contributed by atoms with Crippen LogP contribution in [0.3, 0.4) is 0 Å². The van der Waals surface area contributed by atoms with Gasteiger partial charge in [-0.15, -0.1) is 0 Å². The molecule has 0 aliphatic heterocycles. The van der Waals surface area contributed by atoms with Gasteiger partial charge in [0.2, 0.25) is 0 Å². The van der Waals surface area contributed by atoms with Gasteiger partial charge in [-0.25, -0.2) is 0 Å². The van der Waals surface area contributed by atoms with Crippen molar-refractivity contribution in [2.24, 2.45) is 0 Å². The fraction of sp³-hybridized carbons (Fsp3) is 0.333. The number of hydrogen-bond donors (Lipinski definition) is 2. The summed E-state index contributed by atoms with van der Waals surface area (Å²) in [5.74, 6) is 0. The molecule has 0 amide bonds. The van der Waals surface area contributed by atoms with Crippen LogP contribution in [0, 0.1) is 0 Å². The van der Waals surface area contributed by atoms with Gasteiger partial charge >= 0.3 is 0 Å². The van der Waals surface area contributed by atoms with E-state index in [0.717, 1.165) is 5.69 Å². The van der Waals surface area contributed by atoms with E-state index in [-0.39, 0.29) is 6.61 Å². The average Bonchev–Trinajstić information content (AvgIpc) is 2.03. The lowest BCUT2D eigenvalue weighted by molar-refractivity contribution is 0.292. The third-order valence-corrected chi connectivity index (χ3v) is 1.96. The van der Waals surface area contributed by atoms with Gasteiger partial charge in [0.05, 0.1) is 0 Å². The Labute approximate surface area is 87.5 Å². The third kappa shape index (κ3) is 3.85. The fourth-order valence-corrected chi connectivity index (χ4v) is 1.49. The normalized spacial score (nSPS) is 10.1. The first kappa shape index (κ1) is 10.6. The molecule has 1 aromatic carbocycles. The van der Waals surface area contributed by atoms with Crippen LogP contribution in [0.5, 0.6) is 0 Å². The lowest BCUT2D eigenvalue weighted by Crippen LogP contribution is -2.03. The Bertz CT molecular complexity index is 258. The molecular weight excluding hydrogens is 209 g/mol. The molecule has 72 valence electrons. The van der Waals surface area contributed by atoms with E-state index >= 15 is 0 Å². The highest BCUT2D eigenvalue weighted by Gasteiger charge is 1.96. The summed E-state index contributed by atoms with van der Waals surface area (Å²) in [6.07, 6.45) is 0.712. The van der Waals surface area contributed by atoms with Crippen LogP contribution in [0.25, 0.3) is 0 Å². The van der Waals surface area contributed by atoms with E-state index in [2.05, 4.69) is 5.32 Å². The molecule has 0 atom stereocenters. The molecule has 0 saturated carbocycles. The Balaban J connectivity index is 2.56. The summed E-state index contributed by atoms with van der Waals surface area (Å²) in [4.78, 5) is 0. The zero-order valence-electron chi connectivity index (χ0n) is 7.06. The van der Waals surface area contributed by atoms with Crippen LogP contribution in [0.2, 0.25) is 10.0 Å². The van der Waals surface area contributed by atoms with Gasteiger partial charge in [0, 0.05) is 28.9 Å². The number of benzene rings is 1. The first-order valence-corrected chi connectivity index (χ1v) is 4.79. The minimum atomic E-state index is 0.182. The van der Waals surface area contributed by atoms with Crippen LogP contribution in [-0.2, 0) is 0 Å². The van der Waals surface area contributed by atoms with Gasteiger partial charge in [0.15, 0.2) is 0 Å². The molecule has 2 N–H and O–H groups in total. The zero-order valence-corrected chi connectivity index (χ0v) is 8.57. The molecule has 0 spiro atoms. The first-order valence-electron chi connectivity index (χ1n) is 4.03. The van der Waals surface area contributed by atoms with Gasteiger partial charge in [-0.05, 0) is 24.6 Å². The molecule has 0 bridgehead atoms. The second-order valence-electron chi connectivity index (χ2n) is 2.66. The van der Waals surface area contributed by atoms with Crippen molar-refractivity contribution in [1.29, 1.82) is 0 Å². The molecular formula is C9H11Cl2NO. The van der Waals surface area contributed by atoms with E-state index in [1.54, 1.807) is 18.2 Å². The maximum Gasteiger partial charge on any atom is 0.0447 e. The van der Waals surface area contributed by atoms with Gasteiger partial charge < -0.3 is 10.4 Å². The van der Waals surface area contributed by atoms with Crippen LogP contribution in [0.1, 0.15) is 6.42 Å². The van der Waals surface area contributed by atoms with E-state index < -0.39 is 0 Å². The molecule has 13 heavy (non-hydrogen) atoms. The van der Waals surface area contributed by atoms with Crippen molar-refractivity contribution in [2.75, 3.05) is 18.5 Å². The number of aliphatic hydroxyl groups is 1. The molecule has 1 rings (SSSR count). The summed E-state index contributed by atoms with van der Waals surface area (Å²) in [6, 6.07) is 5.27. The molecule has 0 aromatic heterocycles. The van der Waals surface area contributed by atoms with Gasteiger partial charge in [0.1, 0.15) is 0 Å². The fourth-order valence-electron chi connectivity index (χ4n) is 0.968. The highest BCUT2D eigenvalue weighted by molar-refractivity contribution is 6.35. The molecule has 0 aliphatic rings. The number of aliphatic hydroxyl groups excluding tert-OH is 1. The number of rotatable bonds is 4. The Morgan fingerprint density at radius 2 is 1.77 bits per heavy atom. The van der Waals surface area contributed by atoms with Crippen LogP contribution >= 0.6 is 23.2 Å². The van der Waals surface area contributed by atoms with Crippen molar-refractivity contribution in [3.05, 3.63) is 28.2 Å². The maximum absolute atomic E-state index is 8.56. The summed E-state index contributed by atoms with van der Waals surface area (Å²) in [6.45, 7) is 0.897. The van der Waals surface area contributed by atoms with E-state index in [1.165, 1.54) is 0 Å². The summed E-state index contributed by atoms with van der Waals surface area (Å²) >= 11 is 11.6. The van der Waals surface area contributed by atoms with Crippen LogP contribution in [-0.4, -0.2) is 18.3 Å². The monoisotopic (exact) mass is 219 g/mol. The highest BCUT2D eigenvalue weighted by Crippen LogP contribution is 2.22. The molecule has 0 heterocycles. The summed E-state index contributed by atoms with van der Waals surface area (Å²) in [7, 11) is 0. The molecule has 4 heteroatoms. The van der Waals surface area contributed by atoms with Gasteiger partial charge in [-0.3, -0.25) is 0 Å². The van der Waals surface area contributed by atoms with Crippen LogP contribution in [0.4, 0.5) is 5.69 Å². The second kappa shape index (κ2) is 5.32. The summed E-state index contributed by atoms with van der Waals surface area (Å²) in [5, 5.41) is 12.9. The van der Waals surface area contributed by atoms with Crippen molar-refractivity contribution in [2.45, 2.75) is 6.42 Å². The van der Waals surface area contributed by atoms with Crippen LogP contribution < -0.4 is 5.32 Å². The number of hydrogen-bond acceptors (Lipinski definition) is 2. The average molecular weight is 220 g/mol. The number of halogens is 2. The van der Waals surface area contributed by atoms with E-state index in [0.29, 0.717) is 23.0 Å². The lowest BCUT2D eigenvalue weighted by Gasteiger charge is -2.05. The van der Waals surface area contributed by atoms with Gasteiger partial charge in [-0.1, -0.05) is 23.2 Å². The van der Waals surface area contributed by atoms with Crippen LogP contribution in [0.15, 0.2) is 18.2 Å². The minimum absolute atomic E-state index is 0.182. The van der Waals surface area contributed by atoms with Crippen molar-refractivity contribution in [3.63, 3.8) is 0 Å². The quantitative estimate of drug-likeness (QED) is 0.764. The molecule has 0 unspecified atom stereocenters. The molecule has 1 aromatic rings. The van der Waals surface area contributed by atoms with Gasteiger partial charge in [-0.2, -0.15) is 0 Å². The van der Waals surface area contributed by atoms with Crippen molar-refractivity contribution in [3.8, 4) is 0 Å². The lowest BCUT2D eigenvalue weighted by atomic mass is 10.3. The standard InChI is InChI=1S/C9H11Cl2NO/c10-7-4-8(11)6-9(5-7)12-2-1-3-13/h4-6,12-13H,1-3H2. The van der Waals surface area contributed by atoms with Crippen molar-refractivity contribution in [1.82, 2.24) is 0 Å². The maximum atomic E-state index is 8.56. The minimum Gasteiger partial charge on any atom is -0.396 e. The topological polar surface area (TPSA) is 32.3 Å². The molecule has 0 radical (unpaired) electrons. The Morgan fingerprint density at radius 1 is 1.15 bits per heavy atom. The molecule has 0 aliphatic carbocycles. The molecule has 2 nitrogen and oxygen atoms in total. The Hall–Kier alpha value is -0.440. The molecule has 0 fully saturated rings. The predicted molar refractivity (Wildman–Crippen MR) is 56.7 cm³/mol. The predicted octanol–water partition coefficient (Wildman–Crippen LogP) is 2.79. The number of nitrogens with one attached hydrogen (secondary N) is 1. The third-order valence-electron chi connectivity index (χ3n) is 1.53. The Kier molecular flexibility index (Phi) is 4.36. The Morgan fingerprint density at radius 3 is 2.31 bits per heavy atom. The van der Waals surface area contributed by atoms with Crippen molar-refractivity contribution < 1.29 is 5.11 Å².